The van der Waals surface area contributed by atoms with Crippen molar-refractivity contribution in [2.75, 3.05) is 4.90 Å². The molecule has 0 atom stereocenters. The van der Waals surface area contributed by atoms with Crippen LogP contribution in [0.3, 0.4) is 0 Å². The van der Waals surface area contributed by atoms with Crippen molar-refractivity contribution in [2.24, 2.45) is 0 Å². The molecule has 1 fully saturated rings. The summed E-state index contributed by atoms with van der Waals surface area (Å²) in [5.41, 5.74) is 1.23. The first kappa shape index (κ1) is 23.6. The van der Waals surface area contributed by atoms with Crippen LogP contribution in [-0.4, -0.2) is 15.2 Å². The molecule has 5 nitrogen and oxygen atoms in total. The van der Waals surface area contributed by atoms with Gasteiger partial charge in [-0.1, -0.05) is 89.8 Å². The summed E-state index contributed by atoms with van der Waals surface area (Å²) >= 11 is 13.9. The average molecular weight is 535 g/mol. The van der Waals surface area contributed by atoms with E-state index in [2.05, 4.69) is 0 Å². The molecule has 0 radical (unpaired) electrons. The molecule has 5 rings (SSSR count). The molecule has 0 bridgehead atoms. The van der Waals surface area contributed by atoms with Crippen molar-refractivity contribution in [3.8, 4) is 0 Å². The molecule has 4 aromatic rings. The summed E-state index contributed by atoms with van der Waals surface area (Å²) in [5.74, 6) is -0.251. The number of nitrogens with zero attached hydrogens (tertiary/aromatic N) is 2. The minimum absolute atomic E-state index is 0.0387. The highest BCUT2D eigenvalue weighted by atomic mass is 35.5. The molecule has 172 valence electrons. The number of hydrogen-bond donors (Lipinski definition) is 0. The van der Waals surface area contributed by atoms with E-state index in [0.29, 0.717) is 24.7 Å². The number of fused-ring (bicyclic) bond motifs is 1. The van der Waals surface area contributed by atoms with Gasteiger partial charge in [-0.05, 0) is 53.4 Å². The average Bonchev–Trinajstić information content (AvgIpc) is 3.13. The van der Waals surface area contributed by atoms with Crippen molar-refractivity contribution in [3.63, 3.8) is 0 Å². The predicted molar refractivity (Wildman–Crippen MR) is 148 cm³/mol. The van der Waals surface area contributed by atoms with Crippen LogP contribution in [0, 0.1) is 10.1 Å². The second-order valence-corrected chi connectivity index (χ2v) is 10.8. The van der Waals surface area contributed by atoms with E-state index in [1.807, 2.05) is 54.6 Å². The number of thioether (sulfide) groups is 1. The Balaban J connectivity index is 1.47. The van der Waals surface area contributed by atoms with Crippen molar-refractivity contribution in [2.45, 2.75) is 9.79 Å². The van der Waals surface area contributed by atoms with Crippen molar-refractivity contribution in [3.05, 3.63) is 111 Å². The lowest BCUT2D eigenvalue weighted by molar-refractivity contribution is -0.387. The zero-order chi connectivity index (χ0) is 24.5. The molecule has 0 aliphatic carbocycles. The number of nitro benzene ring substituents is 1. The fourth-order valence-corrected chi connectivity index (χ4v) is 6.02. The van der Waals surface area contributed by atoms with Crippen LogP contribution in [0.25, 0.3) is 16.8 Å². The first-order valence-electron chi connectivity index (χ1n) is 10.4. The van der Waals surface area contributed by atoms with Gasteiger partial charge in [-0.25, -0.2) is 0 Å². The maximum atomic E-state index is 13.3. The SMILES string of the molecule is O=C1/C(=C\c2ccc(Sc3ccc(Cl)cc3)c([N+](=O)[O-])c2)SC(=S)N1c1cccc2ccccc12. The van der Waals surface area contributed by atoms with Crippen LogP contribution >= 0.6 is 47.3 Å². The normalized spacial score (nSPS) is 14.8. The summed E-state index contributed by atoms with van der Waals surface area (Å²) in [6.07, 6.45) is 1.65. The molecule has 1 amide bonds. The van der Waals surface area contributed by atoms with E-state index >= 15 is 0 Å². The third-order valence-corrected chi connectivity index (χ3v) is 7.95. The first-order chi connectivity index (χ1) is 16.9. The molecular weight excluding hydrogens is 520 g/mol. The minimum atomic E-state index is -0.420. The molecule has 1 saturated heterocycles. The van der Waals surface area contributed by atoms with Crippen LogP contribution in [0.1, 0.15) is 5.56 Å². The lowest BCUT2D eigenvalue weighted by Gasteiger charge is -2.17. The van der Waals surface area contributed by atoms with Gasteiger partial charge in [0.1, 0.15) is 0 Å². The van der Waals surface area contributed by atoms with Crippen molar-refractivity contribution in [1.82, 2.24) is 0 Å². The van der Waals surface area contributed by atoms with Crippen molar-refractivity contribution in [1.29, 1.82) is 0 Å². The second-order valence-electron chi connectivity index (χ2n) is 7.56. The molecule has 0 aromatic heterocycles. The Morgan fingerprint density at radius 1 is 1.00 bits per heavy atom. The van der Waals surface area contributed by atoms with E-state index in [0.717, 1.165) is 21.4 Å². The minimum Gasteiger partial charge on any atom is -0.268 e. The first-order valence-corrected chi connectivity index (χ1v) is 12.8. The van der Waals surface area contributed by atoms with E-state index in [9.17, 15) is 14.9 Å². The summed E-state index contributed by atoms with van der Waals surface area (Å²) in [7, 11) is 0. The quantitative estimate of drug-likeness (QED) is 0.112. The van der Waals surface area contributed by atoms with Crippen LogP contribution in [0.5, 0.6) is 0 Å². The number of benzene rings is 4. The lowest BCUT2D eigenvalue weighted by Crippen LogP contribution is -2.27. The van der Waals surface area contributed by atoms with Crippen LogP contribution < -0.4 is 4.90 Å². The van der Waals surface area contributed by atoms with Crippen molar-refractivity contribution < 1.29 is 9.72 Å². The Bertz CT molecular complexity index is 1530. The zero-order valence-corrected chi connectivity index (χ0v) is 21.1. The van der Waals surface area contributed by atoms with Gasteiger partial charge < -0.3 is 0 Å². The Labute approximate surface area is 219 Å². The molecule has 4 aromatic carbocycles. The predicted octanol–water partition coefficient (Wildman–Crippen LogP) is 7.96. The summed E-state index contributed by atoms with van der Waals surface area (Å²) in [6.45, 7) is 0. The monoisotopic (exact) mass is 534 g/mol. The standard InChI is InChI=1S/C26H15ClN2O3S3/c27-18-9-11-19(12-10-18)34-23-13-8-16(14-22(23)29(31)32)15-24-25(30)28(26(33)35-24)21-7-3-5-17-4-1-2-6-20(17)21/h1-15H/b24-15+. The highest BCUT2D eigenvalue weighted by Gasteiger charge is 2.34. The van der Waals surface area contributed by atoms with Gasteiger partial charge in [0, 0.05) is 21.4 Å². The van der Waals surface area contributed by atoms with Crippen LogP contribution in [0.15, 0.2) is 99.6 Å². The van der Waals surface area contributed by atoms with Gasteiger partial charge in [0.15, 0.2) is 4.32 Å². The number of carbonyl (C=O) groups is 1. The molecule has 0 saturated carbocycles. The smallest absolute Gasteiger partial charge is 0.268 e. The van der Waals surface area contributed by atoms with Gasteiger partial charge >= 0.3 is 0 Å². The number of hydrogen-bond acceptors (Lipinski definition) is 6. The van der Waals surface area contributed by atoms with Gasteiger partial charge in [-0.15, -0.1) is 0 Å². The van der Waals surface area contributed by atoms with Gasteiger partial charge in [0.05, 0.1) is 20.4 Å². The Morgan fingerprint density at radius 2 is 1.74 bits per heavy atom. The van der Waals surface area contributed by atoms with Gasteiger partial charge in [0.25, 0.3) is 11.6 Å². The summed E-state index contributed by atoms with van der Waals surface area (Å²) < 4.78 is 0.419. The lowest BCUT2D eigenvalue weighted by atomic mass is 10.1. The van der Waals surface area contributed by atoms with E-state index in [-0.39, 0.29) is 11.6 Å². The molecule has 1 heterocycles. The van der Waals surface area contributed by atoms with E-state index in [4.69, 9.17) is 23.8 Å². The van der Waals surface area contributed by atoms with Gasteiger partial charge in [0.2, 0.25) is 0 Å². The summed E-state index contributed by atoms with van der Waals surface area (Å²) in [4.78, 5) is 27.9. The highest BCUT2D eigenvalue weighted by Crippen LogP contribution is 2.40. The van der Waals surface area contributed by atoms with Crippen LogP contribution in [0.4, 0.5) is 11.4 Å². The second kappa shape index (κ2) is 9.83. The third kappa shape index (κ3) is 4.83. The molecule has 0 spiro atoms. The van der Waals surface area contributed by atoms with E-state index in [1.165, 1.54) is 34.5 Å². The third-order valence-electron chi connectivity index (χ3n) is 5.32. The molecular formula is C26H15ClN2O3S3. The molecule has 9 heteroatoms. The molecule has 1 aliphatic rings. The molecule has 0 N–H and O–H groups in total. The maximum absolute atomic E-state index is 13.3. The van der Waals surface area contributed by atoms with E-state index in [1.54, 1.807) is 30.3 Å². The largest absolute Gasteiger partial charge is 0.283 e. The number of amides is 1. The number of rotatable bonds is 5. The Kier molecular flexibility index (Phi) is 6.62. The topological polar surface area (TPSA) is 63.4 Å². The number of nitro groups is 1. The van der Waals surface area contributed by atoms with Gasteiger partial charge in [-0.2, -0.15) is 0 Å². The summed E-state index contributed by atoms with van der Waals surface area (Å²) in [6, 6.07) is 25.5. The number of halogens is 1. The van der Waals surface area contributed by atoms with E-state index < -0.39 is 4.92 Å². The molecule has 1 aliphatic heterocycles. The fraction of sp³-hybridized carbons (Fsp3) is 0. The van der Waals surface area contributed by atoms with Crippen molar-refractivity contribution >= 4 is 85.8 Å². The zero-order valence-electron chi connectivity index (χ0n) is 17.9. The van der Waals surface area contributed by atoms with Crippen LogP contribution in [0.2, 0.25) is 5.02 Å². The number of thiocarbonyl (C=S) groups is 1. The highest BCUT2D eigenvalue weighted by molar-refractivity contribution is 8.27. The van der Waals surface area contributed by atoms with Crippen LogP contribution in [-0.2, 0) is 4.79 Å². The number of anilines is 1. The molecule has 35 heavy (non-hydrogen) atoms. The van der Waals surface area contributed by atoms with Gasteiger partial charge in [-0.3, -0.25) is 19.8 Å². The Hall–Kier alpha value is -3.17. The maximum Gasteiger partial charge on any atom is 0.283 e. The fourth-order valence-electron chi connectivity index (χ4n) is 3.71. The Morgan fingerprint density at radius 3 is 2.51 bits per heavy atom. The molecule has 0 unspecified atom stereocenters. The summed E-state index contributed by atoms with van der Waals surface area (Å²) in [5, 5.41) is 14.3. The number of carbonyl (C=O) groups excluding carboxylic acids is 1.